The van der Waals surface area contributed by atoms with Gasteiger partial charge in [-0.2, -0.15) is 0 Å². The minimum atomic E-state index is -0.642. The molecule has 6 heteroatoms. The van der Waals surface area contributed by atoms with Crippen LogP contribution in [-0.2, 0) is 19.1 Å². The average Bonchev–Trinajstić information content (AvgIpc) is 2.62. The van der Waals surface area contributed by atoms with Crippen molar-refractivity contribution in [1.29, 1.82) is 0 Å². The van der Waals surface area contributed by atoms with E-state index >= 15 is 0 Å². The molecule has 0 heterocycles. The zero-order valence-electron chi connectivity index (χ0n) is 15.6. The molecule has 0 aromatic heterocycles. The Labute approximate surface area is 160 Å². The van der Waals surface area contributed by atoms with E-state index in [9.17, 15) is 9.59 Å². The molecule has 26 heavy (non-hydrogen) atoms. The van der Waals surface area contributed by atoms with Gasteiger partial charge in [0.1, 0.15) is 0 Å². The summed E-state index contributed by atoms with van der Waals surface area (Å²) in [4.78, 5) is 24.9. The van der Waals surface area contributed by atoms with E-state index in [4.69, 9.17) is 21.1 Å². The van der Waals surface area contributed by atoms with Crippen molar-refractivity contribution in [3.8, 4) is 0 Å². The fourth-order valence-corrected chi connectivity index (χ4v) is 3.86. The summed E-state index contributed by atoms with van der Waals surface area (Å²) in [5, 5.41) is 3.98. The third-order valence-corrected chi connectivity index (χ3v) is 5.17. The first kappa shape index (κ1) is 20.6. The molecule has 1 aliphatic rings. The molecule has 2 atom stereocenters. The Morgan fingerprint density at radius 3 is 2.73 bits per heavy atom. The van der Waals surface area contributed by atoms with Crippen LogP contribution in [0.2, 0.25) is 5.02 Å². The maximum atomic E-state index is 12.7. The van der Waals surface area contributed by atoms with Crippen molar-refractivity contribution in [2.24, 2.45) is 11.3 Å². The Morgan fingerprint density at radius 1 is 1.27 bits per heavy atom. The smallest absolute Gasteiger partial charge is 0.312 e. The number of carbonyl (C=O) groups is 2. The van der Waals surface area contributed by atoms with Gasteiger partial charge in [0.25, 0.3) is 0 Å². The van der Waals surface area contributed by atoms with E-state index in [1.54, 1.807) is 6.92 Å². The van der Waals surface area contributed by atoms with E-state index in [0.29, 0.717) is 37.6 Å². The minimum Gasteiger partial charge on any atom is -0.466 e. The van der Waals surface area contributed by atoms with Gasteiger partial charge >= 0.3 is 11.9 Å². The molecule has 2 unspecified atom stereocenters. The van der Waals surface area contributed by atoms with Crippen LogP contribution in [0.25, 0.3) is 0 Å². The molecule has 1 aliphatic carbocycles. The first-order chi connectivity index (χ1) is 12.5. The molecule has 0 saturated heterocycles. The lowest BCUT2D eigenvalue weighted by Crippen LogP contribution is -2.41. The highest BCUT2D eigenvalue weighted by Gasteiger charge is 2.45. The van der Waals surface area contributed by atoms with Gasteiger partial charge in [0.05, 0.1) is 24.5 Å². The van der Waals surface area contributed by atoms with E-state index in [2.05, 4.69) is 5.32 Å². The number of rotatable bonds is 8. The molecule has 2 rings (SSSR count). The molecule has 1 aromatic carbocycles. The molecule has 1 N–H and O–H groups in total. The Balaban J connectivity index is 2.06. The first-order valence-electron chi connectivity index (χ1n) is 9.34. The Morgan fingerprint density at radius 2 is 2.04 bits per heavy atom. The Kier molecular flexibility index (Phi) is 7.76. The van der Waals surface area contributed by atoms with E-state index in [-0.39, 0.29) is 17.9 Å². The molecular formula is C20H28ClNO4. The molecule has 0 amide bonds. The van der Waals surface area contributed by atoms with Crippen LogP contribution in [0.3, 0.4) is 0 Å². The van der Waals surface area contributed by atoms with Crippen LogP contribution in [-0.4, -0.2) is 31.7 Å². The molecule has 0 spiro atoms. The predicted molar refractivity (Wildman–Crippen MR) is 102 cm³/mol. The molecule has 0 aliphatic heterocycles. The van der Waals surface area contributed by atoms with Crippen LogP contribution in [0.1, 0.15) is 46.0 Å². The zero-order chi connectivity index (χ0) is 19.0. The third-order valence-electron chi connectivity index (χ3n) is 4.93. The second-order valence-electron chi connectivity index (χ2n) is 6.73. The molecule has 5 nitrogen and oxygen atoms in total. The van der Waals surface area contributed by atoms with Gasteiger partial charge in [-0.25, -0.2) is 0 Å². The molecule has 0 bridgehead atoms. The number of halogens is 1. The highest BCUT2D eigenvalue weighted by Crippen LogP contribution is 2.43. The number of hydrogen-bond donors (Lipinski definition) is 1. The van der Waals surface area contributed by atoms with Crippen molar-refractivity contribution in [2.45, 2.75) is 46.0 Å². The second-order valence-corrected chi connectivity index (χ2v) is 7.17. The number of hydrogen-bond acceptors (Lipinski definition) is 5. The molecule has 1 aromatic rings. The summed E-state index contributed by atoms with van der Waals surface area (Å²) in [7, 11) is 0. The lowest BCUT2D eigenvalue weighted by Gasteiger charge is -2.38. The van der Waals surface area contributed by atoms with Crippen molar-refractivity contribution in [3.63, 3.8) is 0 Å². The maximum Gasteiger partial charge on any atom is 0.312 e. The van der Waals surface area contributed by atoms with Crippen molar-refractivity contribution in [3.05, 3.63) is 29.3 Å². The van der Waals surface area contributed by atoms with Gasteiger partial charge in [-0.1, -0.05) is 24.1 Å². The van der Waals surface area contributed by atoms with Crippen LogP contribution >= 0.6 is 11.6 Å². The summed E-state index contributed by atoms with van der Waals surface area (Å²) in [6, 6.07) is 7.48. The molecule has 144 valence electrons. The maximum absolute atomic E-state index is 12.7. The second kappa shape index (κ2) is 9.81. The van der Waals surface area contributed by atoms with Gasteiger partial charge < -0.3 is 14.8 Å². The number of carbonyl (C=O) groups excluding carboxylic acids is 2. The largest absolute Gasteiger partial charge is 0.466 e. The third kappa shape index (κ3) is 5.37. The average molecular weight is 382 g/mol. The van der Waals surface area contributed by atoms with Gasteiger partial charge in [-0.3, -0.25) is 9.59 Å². The summed E-state index contributed by atoms with van der Waals surface area (Å²) in [6.07, 6.45) is 3.41. The summed E-state index contributed by atoms with van der Waals surface area (Å²) in [5.74, 6) is -0.648. The molecule has 0 radical (unpaired) electrons. The number of nitrogens with one attached hydrogen (secondary N) is 1. The first-order valence-corrected chi connectivity index (χ1v) is 9.72. The number of benzene rings is 1. The van der Waals surface area contributed by atoms with Gasteiger partial charge in [0.2, 0.25) is 0 Å². The quantitative estimate of drug-likeness (QED) is 0.674. The van der Waals surface area contributed by atoms with Crippen LogP contribution in [0, 0.1) is 11.3 Å². The van der Waals surface area contributed by atoms with Gasteiger partial charge in [-0.05, 0) is 57.7 Å². The topological polar surface area (TPSA) is 64.6 Å². The standard InChI is InChI=1S/C20H28ClNO4/c1-3-25-18(23)15-7-6-10-20(14-15,19(24)26-4-2)11-12-22-17-9-5-8-16(21)13-17/h5,8-9,13,15,22H,3-4,6-7,10-12,14H2,1-2H3. The normalized spacial score (nSPS) is 22.5. The highest BCUT2D eigenvalue weighted by molar-refractivity contribution is 6.30. The Hall–Kier alpha value is -1.75. The van der Waals surface area contributed by atoms with E-state index < -0.39 is 5.41 Å². The number of esters is 2. The van der Waals surface area contributed by atoms with Crippen molar-refractivity contribution >= 4 is 29.2 Å². The van der Waals surface area contributed by atoms with E-state index in [1.165, 1.54) is 0 Å². The summed E-state index contributed by atoms with van der Waals surface area (Å²) in [5.41, 5.74) is 0.270. The summed E-state index contributed by atoms with van der Waals surface area (Å²) in [6.45, 7) is 4.91. The molecule has 1 fully saturated rings. The van der Waals surface area contributed by atoms with E-state index in [0.717, 1.165) is 24.9 Å². The van der Waals surface area contributed by atoms with Gasteiger partial charge in [-0.15, -0.1) is 0 Å². The van der Waals surface area contributed by atoms with Crippen molar-refractivity contribution in [1.82, 2.24) is 0 Å². The van der Waals surface area contributed by atoms with Crippen molar-refractivity contribution in [2.75, 3.05) is 25.1 Å². The summed E-state index contributed by atoms with van der Waals surface area (Å²) < 4.78 is 10.5. The van der Waals surface area contributed by atoms with E-state index in [1.807, 2.05) is 31.2 Å². The zero-order valence-corrected chi connectivity index (χ0v) is 16.3. The van der Waals surface area contributed by atoms with Crippen molar-refractivity contribution < 1.29 is 19.1 Å². The monoisotopic (exact) mass is 381 g/mol. The SMILES string of the molecule is CCOC(=O)C1CCCC(CCNc2cccc(Cl)c2)(C(=O)OCC)C1. The minimum absolute atomic E-state index is 0.205. The number of anilines is 1. The number of ether oxygens (including phenoxy) is 2. The van der Waals surface area contributed by atoms with Crippen LogP contribution in [0.15, 0.2) is 24.3 Å². The fraction of sp³-hybridized carbons (Fsp3) is 0.600. The van der Waals surface area contributed by atoms with Crippen LogP contribution in [0.4, 0.5) is 5.69 Å². The molecular weight excluding hydrogens is 354 g/mol. The lowest BCUT2D eigenvalue weighted by molar-refractivity contribution is -0.162. The highest BCUT2D eigenvalue weighted by atomic mass is 35.5. The van der Waals surface area contributed by atoms with Gasteiger partial charge in [0.15, 0.2) is 0 Å². The molecule has 1 saturated carbocycles. The van der Waals surface area contributed by atoms with Gasteiger partial charge in [0, 0.05) is 17.3 Å². The Bertz CT molecular complexity index is 622. The summed E-state index contributed by atoms with van der Waals surface area (Å²) >= 11 is 6.01. The fourth-order valence-electron chi connectivity index (χ4n) is 3.67. The predicted octanol–water partition coefficient (Wildman–Crippen LogP) is 4.44. The van der Waals surface area contributed by atoms with Crippen LogP contribution in [0.5, 0.6) is 0 Å². The lowest BCUT2D eigenvalue weighted by atomic mass is 9.67. The van der Waals surface area contributed by atoms with Crippen LogP contribution < -0.4 is 5.32 Å².